The Morgan fingerprint density at radius 2 is 1.73 bits per heavy atom. The van der Waals surface area contributed by atoms with Crippen LogP contribution in [0.2, 0.25) is 5.15 Å². The van der Waals surface area contributed by atoms with Crippen molar-refractivity contribution >= 4 is 30.3 Å². The SMILES string of the molecule is C.CC(C)(C)OC(=O)n1cc(B2OC(C)(C)C(C)(C)O2)cn1.CC1CCC(C)C(c2cn[nH]c2)N1.Cc1cnc(C)c(Cl)n1. The van der Waals surface area contributed by atoms with Crippen molar-refractivity contribution in [3.05, 3.63) is 53.1 Å². The van der Waals surface area contributed by atoms with Crippen molar-refractivity contribution in [3.63, 3.8) is 0 Å². The molecule has 0 radical (unpaired) electrons. The summed E-state index contributed by atoms with van der Waals surface area (Å²) in [5.74, 6) is 0.716. The number of hydrogen-bond acceptors (Lipinski definition) is 9. The zero-order valence-corrected chi connectivity index (χ0v) is 28.1. The van der Waals surface area contributed by atoms with E-state index in [1.54, 1.807) is 18.6 Å². The molecule has 0 bridgehead atoms. The van der Waals surface area contributed by atoms with Crippen LogP contribution in [0.25, 0.3) is 0 Å². The maximum absolute atomic E-state index is 11.9. The number of carbonyl (C=O) groups excluding carboxylic acids is 1. The second kappa shape index (κ2) is 15.0. The summed E-state index contributed by atoms with van der Waals surface area (Å²) in [7, 11) is -0.536. The largest absolute Gasteiger partial charge is 0.498 e. The fraction of sp³-hybridized carbons (Fsp3) is 0.645. The van der Waals surface area contributed by atoms with Crippen LogP contribution in [-0.4, -0.2) is 66.0 Å². The Hall–Kier alpha value is -2.80. The van der Waals surface area contributed by atoms with Crippen molar-refractivity contribution in [2.75, 3.05) is 0 Å². The minimum absolute atomic E-state index is 0. The van der Waals surface area contributed by atoms with Crippen molar-refractivity contribution in [2.24, 2.45) is 5.92 Å². The molecular weight excluding hydrogens is 581 g/mol. The van der Waals surface area contributed by atoms with Crippen molar-refractivity contribution in [1.29, 1.82) is 0 Å². The molecule has 13 heteroatoms. The van der Waals surface area contributed by atoms with E-state index in [0.717, 1.165) is 16.1 Å². The zero-order valence-electron chi connectivity index (χ0n) is 27.4. The van der Waals surface area contributed by atoms with Gasteiger partial charge >= 0.3 is 13.2 Å². The van der Waals surface area contributed by atoms with Gasteiger partial charge in [0.15, 0.2) is 5.15 Å². The van der Waals surface area contributed by atoms with E-state index in [9.17, 15) is 4.79 Å². The van der Waals surface area contributed by atoms with Gasteiger partial charge in [-0.2, -0.15) is 14.9 Å². The van der Waals surface area contributed by atoms with Gasteiger partial charge in [-0.05, 0) is 88.0 Å². The molecule has 44 heavy (non-hydrogen) atoms. The molecular formula is C31H51BClN7O4. The van der Waals surface area contributed by atoms with Crippen molar-refractivity contribution in [1.82, 2.24) is 35.3 Å². The lowest BCUT2D eigenvalue weighted by molar-refractivity contribution is 0.00578. The van der Waals surface area contributed by atoms with E-state index in [1.165, 1.54) is 18.4 Å². The number of nitrogens with one attached hydrogen (secondary N) is 2. The first-order chi connectivity index (χ1) is 19.9. The average Bonchev–Trinajstić information content (AvgIpc) is 3.63. The van der Waals surface area contributed by atoms with Crippen molar-refractivity contribution < 1.29 is 18.8 Å². The Labute approximate surface area is 268 Å². The summed E-state index contributed by atoms with van der Waals surface area (Å²) in [5, 5.41) is 15.0. The number of nitrogens with zero attached hydrogens (tertiary/aromatic N) is 5. The summed E-state index contributed by atoms with van der Waals surface area (Å²) < 4.78 is 18.3. The predicted molar refractivity (Wildman–Crippen MR) is 175 cm³/mol. The summed E-state index contributed by atoms with van der Waals surface area (Å²) in [6.07, 6.45) is 10.8. The Morgan fingerprint density at radius 1 is 1.09 bits per heavy atom. The van der Waals surface area contributed by atoms with E-state index in [2.05, 4.69) is 44.4 Å². The minimum Gasteiger partial charge on any atom is -0.442 e. The summed E-state index contributed by atoms with van der Waals surface area (Å²) in [4.78, 5) is 19.9. The minimum atomic E-state index is -0.562. The lowest BCUT2D eigenvalue weighted by Crippen LogP contribution is -2.41. The number of carbonyl (C=O) groups is 1. The second-order valence-corrected chi connectivity index (χ2v) is 13.7. The van der Waals surface area contributed by atoms with Gasteiger partial charge in [0.1, 0.15) is 5.60 Å². The van der Waals surface area contributed by atoms with Gasteiger partial charge in [-0.15, -0.1) is 0 Å². The van der Waals surface area contributed by atoms with Crippen LogP contribution in [0, 0.1) is 19.8 Å². The molecule has 3 aromatic rings. The Balaban J connectivity index is 0.000000250. The molecule has 244 valence electrons. The maximum Gasteiger partial charge on any atom is 0.498 e. The molecule has 3 unspecified atom stereocenters. The summed E-state index contributed by atoms with van der Waals surface area (Å²) in [6, 6.07) is 1.12. The first-order valence-electron chi connectivity index (χ1n) is 14.7. The van der Waals surface area contributed by atoms with E-state index in [-0.39, 0.29) is 7.43 Å². The fourth-order valence-corrected chi connectivity index (χ4v) is 4.63. The summed E-state index contributed by atoms with van der Waals surface area (Å²) >= 11 is 5.64. The Kier molecular flexibility index (Phi) is 12.7. The third kappa shape index (κ3) is 10.1. The molecule has 0 spiro atoms. The fourth-order valence-electron chi connectivity index (χ4n) is 4.44. The third-order valence-corrected chi connectivity index (χ3v) is 8.05. The number of ether oxygens (including phenoxy) is 1. The van der Waals surface area contributed by atoms with E-state index in [1.807, 2.05) is 74.7 Å². The highest BCUT2D eigenvalue weighted by Crippen LogP contribution is 2.36. The van der Waals surface area contributed by atoms with Gasteiger partial charge in [-0.1, -0.05) is 26.0 Å². The van der Waals surface area contributed by atoms with Gasteiger partial charge in [0.25, 0.3) is 0 Å². The van der Waals surface area contributed by atoms with Gasteiger partial charge in [0.05, 0.1) is 28.8 Å². The van der Waals surface area contributed by atoms with Crippen molar-refractivity contribution in [3.8, 4) is 0 Å². The lowest BCUT2D eigenvalue weighted by Gasteiger charge is -2.33. The molecule has 5 heterocycles. The van der Waals surface area contributed by atoms with Crippen LogP contribution in [0.5, 0.6) is 0 Å². The maximum atomic E-state index is 11.9. The summed E-state index contributed by atoms with van der Waals surface area (Å²) in [6.45, 7) is 21.6. The molecule has 2 N–H and O–H groups in total. The third-order valence-electron chi connectivity index (χ3n) is 7.69. The van der Waals surface area contributed by atoms with Crippen LogP contribution in [0.3, 0.4) is 0 Å². The number of hydrogen-bond donors (Lipinski definition) is 2. The quantitative estimate of drug-likeness (QED) is 0.317. The Morgan fingerprint density at radius 3 is 2.25 bits per heavy atom. The van der Waals surface area contributed by atoms with Crippen LogP contribution < -0.4 is 10.8 Å². The van der Waals surface area contributed by atoms with Gasteiger partial charge in [0, 0.05) is 47.9 Å². The number of aromatic nitrogens is 6. The van der Waals surface area contributed by atoms with E-state index in [0.29, 0.717) is 28.6 Å². The first-order valence-corrected chi connectivity index (χ1v) is 15.1. The predicted octanol–water partition coefficient (Wildman–Crippen LogP) is 6.21. The van der Waals surface area contributed by atoms with Crippen LogP contribution in [0.15, 0.2) is 31.0 Å². The van der Waals surface area contributed by atoms with Crippen LogP contribution in [-0.2, 0) is 14.0 Å². The van der Waals surface area contributed by atoms with Crippen LogP contribution in [0.4, 0.5) is 4.79 Å². The molecule has 2 saturated heterocycles. The van der Waals surface area contributed by atoms with E-state index >= 15 is 0 Å². The molecule has 3 atom stereocenters. The molecule has 2 aliphatic heterocycles. The van der Waals surface area contributed by atoms with Gasteiger partial charge in [-0.25, -0.2) is 9.78 Å². The van der Waals surface area contributed by atoms with Gasteiger partial charge in [-0.3, -0.25) is 10.1 Å². The first kappa shape index (κ1) is 37.4. The molecule has 2 aliphatic rings. The highest BCUT2D eigenvalue weighted by molar-refractivity contribution is 6.62. The van der Waals surface area contributed by atoms with Gasteiger partial charge < -0.3 is 19.4 Å². The number of aromatic amines is 1. The second-order valence-electron chi connectivity index (χ2n) is 13.3. The standard InChI is InChI=1S/C14H23BN2O4.C10H17N3.C6H7ClN2.CH4/c1-12(2,3)19-11(18)17-9-10(8-16-17)15-20-13(4,5)14(6,7)21-15;1-7-3-4-8(2)13-10(7)9-5-11-12-6-9;1-4-3-8-5(2)6(7)9-4;/h8-9H,1-7H3;5-8,10,13H,3-4H2,1-2H3,(H,11,12);3H,1-2H3;1H4. The number of rotatable bonds is 2. The average molecular weight is 632 g/mol. The molecule has 11 nitrogen and oxygen atoms in total. The summed E-state index contributed by atoms with van der Waals surface area (Å²) in [5.41, 5.74) is 2.21. The van der Waals surface area contributed by atoms with Crippen LogP contribution >= 0.6 is 11.6 Å². The molecule has 3 aromatic heterocycles. The topological polar surface area (TPSA) is 129 Å². The molecule has 2 fully saturated rings. The highest BCUT2D eigenvalue weighted by Gasteiger charge is 2.52. The number of H-pyrrole nitrogens is 1. The molecule has 0 aliphatic carbocycles. The molecule has 5 rings (SSSR count). The Bertz CT molecular complexity index is 1320. The number of halogens is 1. The monoisotopic (exact) mass is 631 g/mol. The van der Waals surface area contributed by atoms with Gasteiger partial charge in [0.2, 0.25) is 0 Å². The van der Waals surface area contributed by atoms with Crippen LogP contribution in [0.1, 0.15) is 106 Å². The van der Waals surface area contributed by atoms with E-state index < -0.39 is 30.0 Å². The lowest BCUT2D eigenvalue weighted by atomic mass is 9.82. The van der Waals surface area contributed by atoms with E-state index in [4.69, 9.17) is 25.6 Å². The molecule has 0 saturated carbocycles. The van der Waals surface area contributed by atoms with Crippen molar-refractivity contribution in [2.45, 2.75) is 125 Å². The normalized spacial score (nSPS) is 22.1. The smallest absolute Gasteiger partial charge is 0.442 e. The molecule has 0 aromatic carbocycles. The highest BCUT2D eigenvalue weighted by atomic mass is 35.5. The number of aryl methyl sites for hydroxylation is 2. The number of piperidine rings is 1. The molecule has 0 amide bonds. The zero-order chi connectivity index (χ0) is 32.2.